The predicted molar refractivity (Wildman–Crippen MR) is 137 cm³/mol. The van der Waals surface area contributed by atoms with Gasteiger partial charge in [-0.2, -0.15) is 0 Å². The second-order valence-corrected chi connectivity index (χ2v) is 23.6. The van der Waals surface area contributed by atoms with Gasteiger partial charge in [0.25, 0.3) is 0 Å². The number of benzene rings is 3. The van der Waals surface area contributed by atoms with Gasteiger partial charge in [-0.1, -0.05) is 0 Å². The van der Waals surface area contributed by atoms with E-state index in [1.54, 1.807) is 0 Å². The summed E-state index contributed by atoms with van der Waals surface area (Å²) in [6.45, 7) is 2.25. The molecule has 0 amide bonds. The van der Waals surface area contributed by atoms with Crippen LogP contribution in [0.1, 0.15) is 65.0 Å². The minimum atomic E-state index is -3.55. The molecule has 5 rings (SSSR count). The molecule has 0 fully saturated rings. The van der Waals surface area contributed by atoms with Crippen LogP contribution in [0, 0.1) is 0 Å². The molecule has 0 spiro atoms. The Labute approximate surface area is 203 Å². The van der Waals surface area contributed by atoms with Crippen molar-refractivity contribution >= 4 is 32.4 Å². The van der Waals surface area contributed by atoms with E-state index in [9.17, 15) is 0 Å². The van der Waals surface area contributed by atoms with E-state index in [4.69, 9.17) is 17.0 Å². The second-order valence-electron chi connectivity index (χ2n) is 8.99. The van der Waals surface area contributed by atoms with E-state index in [0.717, 1.165) is 17.0 Å². The SMILES string of the molecule is CCCCc1cc(C2C=Cc3ccccc32)cc[c]1[Zr]([Cl])([Cl])[CH2]C1C=Cc2ccccc21. The fraction of sp³-hybridized carbons (Fsp3) is 0.241. The number of hydrogen-bond donors (Lipinski definition) is 0. The molecule has 2 aliphatic rings. The van der Waals surface area contributed by atoms with Gasteiger partial charge >= 0.3 is 205 Å². The van der Waals surface area contributed by atoms with Crippen LogP contribution >= 0.6 is 17.0 Å². The molecule has 3 aromatic carbocycles. The van der Waals surface area contributed by atoms with Crippen LogP contribution in [0.3, 0.4) is 0 Å². The van der Waals surface area contributed by atoms with Gasteiger partial charge in [0.1, 0.15) is 0 Å². The number of hydrogen-bond acceptors (Lipinski definition) is 0. The number of rotatable bonds is 7. The summed E-state index contributed by atoms with van der Waals surface area (Å²) < 4.78 is 2.16. The Balaban J connectivity index is 1.47. The fourth-order valence-electron chi connectivity index (χ4n) is 5.17. The first-order valence-electron chi connectivity index (χ1n) is 11.6. The molecule has 0 saturated heterocycles. The summed E-state index contributed by atoms with van der Waals surface area (Å²) in [4.78, 5) is 0. The Bertz CT molecular complexity index is 1190. The average Bonchev–Trinajstić information content (AvgIpc) is 3.42. The van der Waals surface area contributed by atoms with Crippen molar-refractivity contribution in [3.8, 4) is 0 Å². The van der Waals surface area contributed by atoms with Crippen molar-refractivity contribution in [2.45, 2.75) is 42.2 Å². The third-order valence-electron chi connectivity index (χ3n) is 6.86. The summed E-state index contributed by atoms with van der Waals surface area (Å²) in [5.74, 6) is 0.654. The van der Waals surface area contributed by atoms with Crippen LogP contribution in [0.15, 0.2) is 78.9 Å². The van der Waals surface area contributed by atoms with E-state index in [-0.39, 0.29) is 0 Å². The molecule has 2 aliphatic carbocycles. The maximum atomic E-state index is 7.31. The Morgan fingerprint density at radius 3 is 2.28 bits per heavy atom. The van der Waals surface area contributed by atoms with Crippen LogP contribution in [-0.4, -0.2) is 0 Å². The van der Waals surface area contributed by atoms with E-state index in [0.29, 0.717) is 11.8 Å². The van der Waals surface area contributed by atoms with Gasteiger partial charge in [0, 0.05) is 0 Å². The fourth-order valence-corrected chi connectivity index (χ4v) is 14.5. The van der Waals surface area contributed by atoms with Gasteiger partial charge in [0.05, 0.1) is 0 Å². The van der Waals surface area contributed by atoms with E-state index in [1.165, 1.54) is 43.1 Å². The zero-order valence-corrected chi connectivity index (χ0v) is 22.4. The number of aryl methyl sites for hydroxylation is 1. The number of allylic oxidation sites excluding steroid dienone is 2. The van der Waals surface area contributed by atoms with Crippen molar-refractivity contribution in [1.29, 1.82) is 0 Å². The monoisotopic (exact) mass is 536 g/mol. The van der Waals surface area contributed by atoms with Crippen molar-refractivity contribution < 1.29 is 17.9 Å². The molecule has 162 valence electrons. The molecule has 3 heteroatoms. The molecule has 0 radical (unpaired) electrons. The quantitative estimate of drug-likeness (QED) is 0.283. The van der Waals surface area contributed by atoms with Gasteiger partial charge < -0.3 is 0 Å². The van der Waals surface area contributed by atoms with Crippen molar-refractivity contribution in [1.82, 2.24) is 0 Å². The molecule has 2 atom stereocenters. The van der Waals surface area contributed by atoms with Gasteiger partial charge in [0.15, 0.2) is 0 Å². The van der Waals surface area contributed by atoms with Gasteiger partial charge in [-0.3, -0.25) is 0 Å². The number of halogens is 2. The third-order valence-corrected chi connectivity index (χ3v) is 16.6. The predicted octanol–water partition coefficient (Wildman–Crippen LogP) is 8.50. The first kappa shape index (κ1) is 22.4. The molecule has 32 heavy (non-hydrogen) atoms. The zero-order chi connectivity index (χ0) is 22.1. The van der Waals surface area contributed by atoms with Gasteiger partial charge in [0.2, 0.25) is 0 Å². The summed E-state index contributed by atoms with van der Waals surface area (Å²) in [5.41, 5.74) is 8.11. The molecule has 0 aliphatic heterocycles. The average molecular weight is 539 g/mol. The molecule has 0 heterocycles. The minimum absolute atomic E-state index is 0.320. The zero-order valence-electron chi connectivity index (χ0n) is 18.4. The Morgan fingerprint density at radius 1 is 0.812 bits per heavy atom. The van der Waals surface area contributed by atoms with Crippen LogP contribution in [0.2, 0.25) is 4.13 Å². The normalized spacial score (nSPS) is 18.7. The summed E-state index contributed by atoms with van der Waals surface area (Å²) in [6, 6.07) is 24.3. The molecule has 0 N–H and O–H groups in total. The van der Waals surface area contributed by atoms with E-state index >= 15 is 0 Å². The van der Waals surface area contributed by atoms with Gasteiger partial charge in [-0.15, -0.1) is 0 Å². The van der Waals surface area contributed by atoms with Crippen molar-refractivity contribution in [2.24, 2.45) is 0 Å². The molecule has 2 unspecified atom stereocenters. The van der Waals surface area contributed by atoms with E-state index < -0.39 is 17.9 Å². The first-order chi connectivity index (χ1) is 15.6. The summed E-state index contributed by atoms with van der Waals surface area (Å²) in [6.07, 6.45) is 12.5. The maximum absolute atomic E-state index is 7.31. The first-order valence-corrected chi connectivity index (χ1v) is 20.9. The standard InChI is InChI=1S/C19H19.C10H9.2ClH.Zr/c1-2-3-7-15-8-6-10-17(14-15)19-13-12-16-9-4-5-11-18(16)19;1-8-6-7-9-4-2-3-5-10(8)9;;;/h4-6,9-14,19H,2-3,7H2,1H3;2-8H,1H2;2*1H;/q;;;;+2/p-2. The van der Waals surface area contributed by atoms with Crippen molar-refractivity contribution in [2.75, 3.05) is 0 Å². The Kier molecular flexibility index (Phi) is 6.62. The summed E-state index contributed by atoms with van der Waals surface area (Å²) in [5, 5.41) is 0. The molecular formula is C29H28Cl2Zr. The van der Waals surface area contributed by atoms with Crippen LogP contribution in [0.25, 0.3) is 12.2 Å². The molecule has 0 saturated carbocycles. The van der Waals surface area contributed by atoms with Crippen molar-refractivity contribution in [3.05, 3.63) is 112 Å². The third kappa shape index (κ3) is 4.37. The molecule has 0 nitrogen and oxygen atoms in total. The molecule has 0 aromatic heterocycles. The number of fused-ring (bicyclic) bond motifs is 2. The summed E-state index contributed by atoms with van der Waals surface area (Å²) in [7, 11) is 14.6. The van der Waals surface area contributed by atoms with Crippen LogP contribution in [-0.2, 0) is 24.3 Å². The Morgan fingerprint density at radius 2 is 1.50 bits per heavy atom. The van der Waals surface area contributed by atoms with Gasteiger partial charge in [-0.05, 0) is 0 Å². The van der Waals surface area contributed by atoms with E-state index in [1.807, 2.05) is 0 Å². The van der Waals surface area contributed by atoms with Crippen LogP contribution in [0.5, 0.6) is 0 Å². The van der Waals surface area contributed by atoms with Crippen LogP contribution < -0.4 is 3.27 Å². The van der Waals surface area contributed by atoms with Crippen molar-refractivity contribution in [3.63, 3.8) is 0 Å². The number of unbranched alkanes of at least 4 members (excludes halogenated alkanes) is 1. The molecule has 3 aromatic rings. The molecular weight excluding hydrogens is 510 g/mol. The molecule has 0 bridgehead atoms. The topological polar surface area (TPSA) is 0 Å². The Hall–Kier alpha value is -1.40. The summed E-state index contributed by atoms with van der Waals surface area (Å²) >= 11 is -3.55. The van der Waals surface area contributed by atoms with Gasteiger partial charge in [-0.25, -0.2) is 0 Å². The van der Waals surface area contributed by atoms with E-state index in [2.05, 4.69) is 98.0 Å². The van der Waals surface area contributed by atoms with Crippen LogP contribution in [0.4, 0.5) is 0 Å². The second kappa shape index (κ2) is 9.46.